The Bertz CT molecular complexity index is 826. The Morgan fingerprint density at radius 2 is 1.24 bits per heavy atom. The first-order chi connectivity index (χ1) is 16.3. The van der Waals surface area contributed by atoms with Gasteiger partial charge in [-0.2, -0.15) is 0 Å². The number of fused-ring (bicyclic) bond motifs is 1. The summed E-state index contributed by atoms with van der Waals surface area (Å²) in [6.45, 7) is 2.29. The molecule has 2 aromatic rings. The van der Waals surface area contributed by atoms with Gasteiger partial charge in [-0.1, -0.05) is 76.5 Å². The lowest BCUT2D eigenvalue weighted by atomic mass is 9.97. The Morgan fingerprint density at radius 3 is 1.88 bits per heavy atom. The second kappa shape index (κ2) is 13.3. The summed E-state index contributed by atoms with van der Waals surface area (Å²) in [5, 5.41) is 2.58. The molecule has 2 heteroatoms. The molecule has 0 saturated heterocycles. The van der Waals surface area contributed by atoms with Crippen molar-refractivity contribution in [3.63, 3.8) is 0 Å². The van der Waals surface area contributed by atoms with Crippen molar-refractivity contribution < 1.29 is 9.47 Å². The zero-order chi connectivity index (χ0) is 22.7. The topological polar surface area (TPSA) is 18.5 Å². The number of hydrogen-bond donors (Lipinski definition) is 0. The summed E-state index contributed by atoms with van der Waals surface area (Å²) in [4.78, 5) is 0. The van der Waals surface area contributed by atoms with Gasteiger partial charge in [0.15, 0.2) is 0 Å². The van der Waals surface area contributed by atoms with Gasteiger partial charge in [-0.25, -0.2) is 0 Å². The zero-order valence-corrected chi connectivity index (χ0v) is 21.1. The predicted octanol–water partition coefficient (Wildman–Crippen LogP) is 9.56. The lowest BCUT2D eigenvalue weighted by Crippen LogP contribution is -2.16. The molecule has 0 heterocycles. The first-order valence-electron chi connectivity index (χ1n) is 14.2. The maximum Gasteiger partial charge on any atom is 0.127 e. The van der Waals surface area contributed by atoms with E-state index < -0.39 is 0 Å². The Balaban J connectivity index is 1.60. The van der Waals surface area contributed by atoms with E-state index in [1.54, 1.807) is 0 Å². The van der Waals surface area contributed by atoms with Crippen LogP contribution in [0.25, 0.3) is 10.8 Å². The molecule has 2 saturated carbocycles. The fourth-order valence-corrected chi connectivity index (χ4v) is 5.82. The summed E-state index contributed by atoms with van der Waals surface area (Å²) in [5.41, 5.74) is 1.44. The van der Waals surface area contributed by atoms with E-state index in [1.807, 2.05) is 0 Å². The van der Waals surface area contributed by atoms with Crippen molar-refractivity contribution in [3.05, 3.63) is 35.9 Å². The highest BCUT2D eigenvalue weighted by Gasteiger charge is 2.20. The summed E-state index contributed by atoms with van der Waals surface area (Å²) < 4.78 is 13.4. The second-order valence-electron chi connectivity index (χ2n) is 10.5. The van der Waals surface area contributed by atoms with E-state index in [0.717, 1.165) is 17.9 Å². The quantitative estimate of drug-likeness (QED) is 0.265. The van der Waals surface area contributed by atoms with Gasteiger partial charge >= 0.3 is 0 Å². The van der Waals surface area contributed by atoms with E-state index in [2.05, 4.69) is 37.3 Å². The highest BCUT2D eigenvalue weighted by atomic mass is 16.5. The highest BCUT2D eigenvalue weighted by molar-refractivity contribution is 5.95. The third-order valence-electron chi connectivity index (χ3n) is 7.79. The Labute approximate surface area is 202 Å². The molecule has 0 radical (unpaired) electrons. The van der Waals surface area contributed by atoms with Crippen molar-refractivity contribution in [2.45, 2.75) is 135 Å². The van der Waals surface area contributed by atoms with Gasteiger partial charge in [-0.3, -0.25) is 0 Å². The van der Waals surface area contributed by atoms with Gasteiger partial charge in [0.1, 0.15) is 11.5 Å². The van der Waals surface area contributed by atoms with Crippen LogP contribution in [0.2, 0.25) is 0 Å². The third kappa shape index (κ3) is 7.14. The van der Waals surface area contributed by atoms with Crippen LogP contribution >= 0.6 is 0 Å². The third-order valence-corrected chi connectivity index (χ3v) is 7.79. The van der Waals surface area contributed by atoms with Crippen molar-refractivity contribution in [2.24, 2.45) is 0 Å². The van der Waals surface area contributed by atoms with Crippen molar-refractivity contribution >= 4 is 10.8 Å². The molecule has 0 unspecified atom stereocenters. The number of unbranched alkanes of at least 4 members (excludes halogenated alkanes) is 4. The van der Waals surface area contributed by atoms with E-state index in [9.17, 15) is 0 Å². The van der Waals surface area contributed by atoms with Crippen LogP contribution in [-0.4, -0.2) is 12.2 Å². The van der Waals surface area contributed by atoms with E-state index in [-0.39, 0.29) is 0 Å². The minimum absolute atomic E-state index is 0.363. The molecule has 0 spiro atoms. The standard InChI is InChI=1S/C31H46O2/c1-2-3-4-5-10-16-25-23-24-29(32-26-17-11-6-7-12-18-26)28-21-15-22-30(31(25)28)33-27-19-13-8-9-14-20-27/h15,21-24,26-27H,2-14,16-20H2,1H3. The van der Waals surface area contributed by atoms with Crippen molar-refractivity contribution in [2.75, 3.05) is 0 Å². The first-order valence-corrected chi connectivity index (χ1v) is 14.2. The number of benzene rings is 2. The summed E-state index contributed by atoms with van der Waals surface area (Å²) in [7, 11) is 0. The van der Waals surface area contributed by atoms with Crippen molar-refractivity contribution in [1.82, 2.24) is 0 Å². The average Bonchev–Trinajstić information content (AvgIpc) is 3.25. The average molecular weight is 451 g/mol. The van der Waals surface area contributed by atoms with Gasteiger partial charge in [0, 0.05) is 10.8 Å². The molecule has 0 N–H and O–H groups in total. The molecule has 4 rings (SSSR count). The Kier molecular flexibility index (Phi) is 9.81. The molecule has 0 aromatic heterocycles. The fourth-order valence-electron chi connectivity index (χ4n) is 5.82. The van der Waals surface area contributed by atoms with Crippen LogP contribution < -0.4 is 9.47 Å². The van der Waals surface area contributed by atoms with E-state index in [1.165, 1.54) is 125 Å². The number of rotatable bonds is 10. The molecule has 0 aliphatic heterocycles. The smallest absolute Gasteiger partial charge is 0.127 e. The van der Waals surface area contributed by atoms with E-state index in [0.29, 0.717) is 12.2 Å². The van der Waals surface area contributed by atoms with E-state index in [4.69, 9.17) is 9.47 Å². The summed E-state index contributed by atoms with van der Waals surface area (Å²) in [6, 6.07) is 11.3. The van der Waals surface area contributed by atoms with Gasteiger partial charge in [0.25, 0.3) is 0 Å². The molecule has 0 amide bonds. The van der Waals surface area contributed by atoms with Crippen LogP contribution in [0.15, 0.2) is 30.3 Å². The van der Waals surface area contributed by atoms with Gasteiger partial charge < -0.3 is 9.47 Å². The van der Waals surface area contributed by atoms with Crippen LogP contribution in [0.4, 0.5) is 0 Å². The van der Waals surface area contributed by atoms with E-state index >= 15 is 0 Å². The zero-order valence-electron chi connectivity index (χ0n) is 21.1. The van der Waals surface area contributed by atoms with Crippen LogP contribution in [-0.2, 0) is 6.42 Å². The number of ether oxygens (including phenoxy) is 2. The SMILES string of the molecule is CCCCCCCc1ccc(OC2CCCCCC2)c2cccc(OC3CCCCCC3)c12. The van der Waals surface area contributed by atoms with Crippen LogP contribution in [0, 0.1) is 0 Å². The molecule has 2 aliphatic rings. The maximum absolute atomic E-state index is 6.74. The molecule has 2 aromatic carbocycles. The molecule has 2 nitrogen and oxygen atoms in total. The summed E-state index contributed by atoms with van der Waals surface area (Å²) in [6.07, 6.45) is 23.9. The molecule has 182 valence electrons. The molecular weight excluding hydrogens is 404 g/mol. The monoisotopic (exact) mass is 450 g/mol. The van der Waals surface area contributed by atoms with Crippen LogP contribution in [0.1, 0.15) is 122 Å². The highest BCUT2D eigenvalue weighted by Crippen LogP contribution is 2.38. The van der Waals surface area contributed by atoms with Gasteiger partial charge in [-0.15, -0.1) is 0 Å². The minimum Gasteiger partial charge on any atom is -0.490 e. The Morgan fingerprint density at radius 1 is 0.636 bits per heavy atom. The molecule has 2 aliphatic carbocycles. The normalized spacial score (nSPS) is 18.7. The first kappa shape index (κ1) is 24.4. The van der Waals surface area contributed by atoms with Gasteiger partial charge in [0.2, 0.25) is 0 Å². The number of aryl methyl sites for hydroxylation is 1. The molecule has 0 bridgehead atoms. The fraction of sp³-hybridized carbons (Fsp3) is 0.677. The molecule has 0 atom stereocenters. The van der Waals surface area contributed by atoms with Crippen LogP contribution in [0.5, 0.6) is 11.5 Å². The lowest BCUT2D eigenvalue weighted by Gasteiger charge is -2.23. The summed E-state index contributed by atoms with van der Waals surface area (Å²) >= 11 is 0. The van der Waals surface area contributed by atoms with Crippen LogP contribution in [0.3, 0.4) is 0 Å². The molecule has 33 heavy (non-hydrogen) atoms. The van der Waals surface area contributed by atoms with Gasteiger partial charge in [-0.05, 0) is 81.9 Å². The van der Waals surface area contributed by atoms with Crippen molar-refractivity contribution in [1.29, 1.82) is 0 Å². The summed E-state index contributed by atoms with van der Waals surface area (Å²) in [5.74, 6) is 2.16. The predicted molar refractivity (Wildman–Crippen MR) is 141 cm³/mol. The number of hydrogen-bond acceptors (Lipinski definition) is 2. The lowest BCUT2D eigenvalue weighted by molar-refractivity contribution is 0.184. The largest absolute Gasteiger partial charge is 0.490 e. The molecule has 2 fully saturated rings. The van der Waals surface area contributed by atoms with Crippen molar-refractivity contribution in [3.8, 4) is 11.5 Å². The minimum atomic E-state index is 0.363. The van der Waals surface area contributed by atoms with Gasteiger partial charge in [0.05, 0.1) is 12.2 Å². The Hall–Kier alpha value is -1.70. The molecular formula is C31H46O2. The maximum atomic E-state index is 6.74. The second-order valence-corrected chi connectivity index (χ2v) is 10.5.